The molecule has 3 fully saturated rings. The number of benzene rings is 4. The predicted molar refractivity (Wildman–Crippen MR) is 232 cm³/mol. The molecular weight excluding hydrogens is 830 g/mol. The quantitative estimate of drug-likeness (QED) is 0.145. The number of nitrogens with zero attached hydrogens (tertiary/aromatic N) is 4. The lowest BCUT2D eigenvalue weighted by molar-refractivity contribution is -0.151. The van der Waals surface area contributed by atoms with Crippen molar-refractivity contribution in [1.29, 1.82) is 0 Å². The van der Waals surface area contributed by atoms with Gasteiger partial charge in [0, 0.05) is 39.4 Å². The van der Waals surface area contributed by atoms with Crippen molar-refractivity contribution in [2.24, 2.45) is 5.92 Å². The first-order chi connectivity index (χ1) is 28.4. The van der Waals surface area contributed by atoms with E-state index < -0.39 is 43.2 Å². The maximum absolute atomic E-state index is 16.6. The summed E-state index contributed by atoms with van der Waals surface area (Å²) in [5.74, 6) is -0.964. The second kappa shape index (κ2) is 15.3. The molecule has 0 aliphatic carbocycles. The average Bonchev–Trinajstić information content (AvgIpc) is 3.78. The van der Waals surface area contributed by atoms with Crippen molar-refractivity contribution in [3.8, 4) is 0 Å². The molecule has 0 unspecified atom stereocenters. The average molecular weight is 881 g/mol. The van der Waals surface area contributed by atoms with E-state index in [0.29, 0.717) is 30.9 Å². The van der Waals surface area contributed by atoms with E-state index in [1.807, 2.05) is 96.8 Å². The van der Waals surface area contributed by atoms with Gasteiger partial charge in [0.2, 0.25) is 14.3 Å². The standard InChI is InChI=1S/C46H51BrFN5O5Si/c1-30-42(59(2,3)48)40(25-41(55)50-27-33-10-8-7-9-32(33)23-37(50)28-54)58-46(30)38-24-34(47)15-18-39(38)51(44(46)57)26-31-13-16-35(17-14-31)52-29-53(36-11-5-4-6-12-36)45(43(52)56)19-21-49-22-20-45/h4-18,24,30,37,40,42,49,54H,19-23,25-29H2,1-3H3/t30-,37+,40+,42-,46+/m1/s1. The van der Waals surface area contributed by atoms with Crippen LogP contribution in [0.5, 0.6) is 0 Å². The fourth-order valence-electron chi connectivity index (χ4n) is 10.8. The Morgan fingerprint density at radius 1 is 0.932 bits per heavy atom. The summed E-state index contributed by atoms with van der Waals surface area (Å²) in [6, 6.07) is 31.2. The van der Waals surface area contributed by atoms with Gasteiger partial charge in [-0.1, -0.05) is 77.5 Å². The summed E-state index contributed by atoms with van der Waals surface area (Å²) in [6.45, 7) is 7.57. The van der Waals surface area contributed by atoms with Crippen molar-refractivity contribution in [3.05, 3.63) is 124 Å². The second-order valence-corrected chi connectivity index (χ2v) is 22.2. The lowest BCUT2D eigenvalue weighted by Crippen LogP contribution is -2.55. The van der Waals surface area contributed by atoms with Gasteiger partial charge in [0.15, 0.2) is 5.60 Å². The normalized spacial score (nSPS) is 26.3. The molecule has 2 N–H and O–H groups in total. The summed E-state index contributed by atoms with van der Waals surface area (Å²) >= 11 is 3.63. The van der Waals surface area contributed by atoms with Gasteiger partial charge in [-0.25, -0.2) is 0 Å². The van der Waals surface area contributed by atoms with Crippen molar-refractivity contribution < 1.29 is 28.3 Å². The van der Waals surface area contributed by atoms with E-state index in [4.69, 9.17) is 4.74 Å². The second-order valence-electron chi connectivity index (χ2n) is 17.4. The van der Waals surface area contributed by atoms with Crippen LogP contribution in [0.2, 0.25) is 18.6 Å². The Kier molecular flexibility index (Phi) is 10.3. The van der Waals surface area contributed by atoms with E-state index in [0.717, 1.165) is 58.5 Å². The van der Waals surface area contributed by atoms with Crippen molar-refractivity contribution in [2.45, 2.75) is 87.6 Å². The van der Waals surface area contributed by atoms with Gasteiger partial charge in [0.1, 0.15) is 5.54 Å². The molecule has 0 radical (unpaired) electrons. The summed E-state index contributed by atoms with van der Waals surface area (Å²) < 4.78 is 24.4. The van der Waals surface area contributed by atoms with E-state index in [2.05, 4.69) is 38.3 Å². The van der Waals surface area contributed by atoms with Crippen LogP contribution >= 0.6 is 15.9 Å². The molecule has 9 rings (SSSR count). The summed E-state index contributed by atoms with van der Waals surface area (Å²) in [4.78, 5) is 51.2. The number of halogens is 2. The molecule has 0 aromatic heterocycles. The van der Waals surface area contributed by atoms with Crippen LogP contribution in [0.15, 0.2) is 102 Å². The maximum Gasteiger partial charge on any atom is 0.264 e. The monoisotopic (exact) mass is 879 g/mol. The van der Waals surface area contributed by atoms with Gasteiger partial charge in [-0.2, -0.15) is 0 Å². The molecule has 0 bridgehead atoms. The van der Waals surface area contributed by atoms with Gasteiger partial charge in [-0.15, -0.1) is 0 Å². The van der Waals surface area contributed by atoms with Crippen LogP contribution in [-0.2, 0) is 44.2 Å². The largest absolute Gasteiger partial charge is 0.394 e. The van der Waals surface area contributed by atoms with E-state index in [-0.39, 0.29) is 37.3 Å². The third-order valence-electron chi connectivity index (χ3n) is 13.7. The summed E-state index contributed by atoms with van der Waals surface area (Å²) in [5, 5.41) is 13.8. The number of carbonyl (C=O) groups is 3. The molecule has 5 atom stereocenters. The van der Waals surface area contributed by atoms with Gasteiger partial charge in [0.25, 0.3) is 11.8 Å². The number of ether oxygens (including phenoxy) is 1. The highest BCUT2D eigenvalue weighted by Crippen LogP contribution is 2.60. The zero-order valence-electron chi connectivity index (χ0n) is 33.7. The molecule has 308 valence electrons. The fraction of sp³-hybridized carbons (Fsp3) is 0.413. The molecule has 3 saturated heterocycles. The lowest BCUT2D eigenvalue weighted by Gasteiger charge is -2.39. The maximum atomic E-state index is 16.6. The number of hydrogen-bond acceptors (Lipinski definition) is 7. The molecule has 5 aliphatic rings. The van der Waals surface area contributed by atoms with Gasteiger partial charge in [-0.3, -0.25) is 19.3 Å². The number of amides is 3. The van der Waals surface area contributed by atoms with Crippen LogP contribution in [0.1, 0.15) is 48.4 Å². The van der Waals surface area contributed by atoms with Crippen LogP contribution in [-0.4, -0.2) is 80.2 Å². The molecule has 4 aromatic carbocycles. The van der Waals surface area contributed by atoms with Crippen molar-refractivity contribution in [1.82, 2.24) is 10.2 Å². The SMILES string of the molecule is C[C@@H]1[C@@H]([Si](C)(C)F)[C@H](CC(=O)N2Cc3ccccc3C[C@H]2CO)O[C@@]12C(=O)N(Cc1ccc(N3CN(c4ccccc4)C4(CCNCC4)C3=O)cc1)c1ccc(Br)cc12. The van der Waals surface area contributed by atoms with Crippen molar-refractivity contribution >= 4 is 59.1 Å². The van der Waals surface area contributed by atoms with Crippen LogP contribution in [0.25, 0.3) is 0 Å². The molecule has 59 heavy (non-hydrogen) atoms. The van der Waals surface area contributed by atoms with Crippen LogP contribution in [0.3, 0.4) is 0 Å². The Labute approximate surface area is 354 Å². The smallest absolute Gasteiger partial charge is 0.264 e. The molecule has 10 nitrogen and oxygen atoms in total. The molecular formula is C46H51BrFN5O5Si. The first kappa shape index (κ1) is 40.0. The summed E-state index contributed by atoms with van der Waals surface area (Å²) in [6.07, 6.45) is 1.04. The highest BCUT2D eigenvalue weighted by atomic mass is 79.9. The number of aliphatic hydroxyl groups excluding tert-OH is 1. The van der Waals surface area contributed by atoms with E-state index in [1.165, 1.54) is 0 Å². The van der Waals surface area contributed by atoms with Crippen LogP contribution < -0.4 is 20.0 Å². The number of anilines is 3. The first-order valence-corrected chi connectivity index (χ1v) is 24.5. The van der Waals surface area contributed by atoms with Gasteiger partial charge in [0.05, 0.1) is 44.1 Å². The number of nitrogens with one attached hydrogen (secondary N) is 1. The molecule has 4 aromatic rings. The zero-order valence-corrected chi connectivity index (χ0v) is 36.3. The molecule has 3 amide bonds. The van der Waals surface area contributed by atoms with E-state index in [1.54, 1.807) is 22.9 Å². The Balaban J connectivity index is 0.988. The number of carbonyl (C=O) groups excluding carboxylic acids is 3. The number of rotatable bonds is 8. The van der Waals surface area contributed by atoms with Gasteiger partial charge < -0.3 is 34.0 Å². The summed E-state index contributed by atoms with van der Waals surface area (Å²) in [5.41, 5.74) is 3.40. The lowest BCUT2D eigenvalue weighted by atomic mass is 9.82. The molecule has 5 aliphatic heterocycles. The molecule has 5 heterocycles. The minimum atomic E-state index is -3.54. The Morgan fingerprint density at radius 2 is 1.63 bits per heavy atom. The van der Waals surface area contributed by atoms with Gasteiger partial charge in [-0.05, 0) is 105 Å². The zero-order chi connectivity index (χ0) is 41.3. The molecule has 2 spiro atoms. The number of aliphatic hydroxyl groups is 1. The Morgan fingerprint density at radius 3 is 2.32 bits per heavy atom. The van der Waals surface area contributed by atoms with E-state index in [9.17, 15) is 14.7 Å². The van der Waals surface area contributed by atoms with Crippen LogP contribution in [0.4, 0.5) is 21.2 Å². The number of fused-ring (bicyclic) bond motifs is 3. The minimum absolute atomic E-state index is 0.0947. The Bertz CT molecular complexity index is 2270. The third kappa shape index (κ3) is 6.64. The topological polar surface area (TPSA) is 106 Å². The highest BCUT2D eigenvalue weighted by molar-refractivity contribution is 9.10. The number of hydrogen-bond donors (Lipinski definition) is 2. The van der Waals surface area contributed by atoms with Crippen molar-refractivity contribution in [2.75, 3.05) is 41.1 Å². The molecule has 13 heteroatoms. The van der Waals surface area contributed by atoms with Crippen molar-refractivity contribution in [3.63, 3.8) is 0 Å². The Hall–Kier alpha value is -4.40. The van der Waals surface area contributed by atoms with Gasteiger partial charge >= 0.3 is 0 Å². The predicted octanol–water partition coefficient (Wildman–Crippen LogP) is 7.04. The molecule has 0 saturated carbocycles. The number of para-hydroxylation sites is 1. The summed E-state index contributed by atoms with van der Waals surface area (Å²) in [7, 11) is -3.54. The minimum Gasteiger partial charge on any atom is -0.394 e. The highest BCUT2D eigenvalue weighted by Gasteiger charge is 2.67. The van der Waals surface area contributed by atoms with Crippen LogP contribution in [0, 0.1) is 5.92 Å². The van der Waals surface area contributed by atoms with E-state index >= 15 is 8.90 Å². The first-order valence-electron chi connectivity index (χ1n) is 20.8. The number of piperidine rings is 1. The fourth-order valence-corrected chi connectivity index (χ4v) is 13.7. The third-order valence-corrected chi connectivity index (χ3v) is 16.7.